The third-order valence-corrected chi connectivity index (χ3v) is 10.9. The van der Waals surface area contributed by atoms with Crippen molar-refractivity contribution in [3.63, 3.8) is 0 Å². The van der Waals surface area contributed by atoms with E-state index in [0.717, 1.165) is 29.9 Å². The van der Waals surface area contributed by atoms with Crippen molar-refractivity contribution >= 4 is 47.4 Å². The summed E-state index contributed by atoms with van der Waals surface area (Å²) in [5, 5.41) is 7.67. The smallest absolute Gasteiger partial charge is 0.328 e. The van der Waals surface area contributed by atoms with Gasteiger partial charge in [0.05, 0.1) is 12.1 Å². The highest BCUT2D eigenvalue weighted by atomic mass is 19.1. The molecule has 6 amide bonds. The zero-order valence-corrected chi connectivity index (χ0v) is 35.0. The number of carbonyl (C=O) groups is 8. The topological polar surface area (TPSA) is 214 Å². The van der Waals surface area contributed by atoms with Crippen LogP contribution in [0.5, 0.6) is 0 Å². The van der Waals surface area contributed by atoms with Gasteiger partial charge in [-0.3, -0.25) is 38.5 Å². The number of aromatic nitrogens is 1. The molecule has 0 aliphatic carbocycles. The van der Waals surface area contributed by atoms with E-state index in [1.165, 1.54) is 36.0 Å². The molecule has 0 unspecified atom stereocenters. The van der Waals surface area contributed by atoms with Gasteiger partial charge in [0.25, 0.3) is 0 Å². The molecule has 5 rings (SSSR count). The summed E-state index contributed by atoms with van der Waals surface area (Å²) < 4.78 is 39.6. The number of benzene rings is 1. The van der Waals surface area contributed by atoms with Crippen molar-refractivity contribution in [2.45, 2.75) is 108 Å². The van der Waals surface area contributed by atoms with Crippen molar-refractivity contribution in [3.05, 3.63) is 77.6 Å². The van der Waals surface area contributed by atoms with Crippen molar-refractivity contribution in [1.29, 1.82) is 0 Å². The number of ether oxygens (including phenoxy) is 2. The second-order valence-corrected chi connectivity index (χ2v) is 15.5. The van der Waals surface area contributed by atoms with E-state index in [9.17, 15) is 47.1 Å². The fraction of sp³-hybridized carbons (Fsp3) is 0.512. The van der Waals surface area contributed by atoms with Gasteiger partial charge >= 0.3 is 11.9 Å². The van der Waals surface area contributed by atoms with E-state index in [2.05, 4.69) is 20.9 Å². The lowest BCUT2D eigenvalue weighted by Gasteiger charge is -2.35. The molecule has 6 atom stereocenters. The normalized spacial score (nSPS) is 23.1. The standard InChI is InChI=1S/C43H53F2N7O10/c1-4-5-6-7-15-36(53)48-31(21-27-19-28(44)22-29(45)20-27)38(55)49-32-24-62-43(60)34-14-11-18-52(34)40(57)26(2)47-39(56)35(25-61-37(54)23-30-12-8-9-16-46-30)50(3)42(59)33-13-10-17-51(33)41(32)58/h7-9,12,15-16,19-20,22,26,31-35H,4-6,10-11,13-14,17-18,21,23-25H2,1-3H3,(H,47,56)(H,48,53)(H,49,55)/t26-,31-,32-,33-,34-,35-/m0/s1. The Bertz CT molecular complexity index is 2000. The lowest BCUT2D eigenvalue weighted by molar-refractivity contribution is -0.158. The number of halogens is 2. The largest absolute Gasteiger partial charge is 0.463 e. The Balaban J connectivity index is 1.45. The molecule has 3 fully saturated rings. The van der Waals surface area contributed by atoms with Gasteiger partial charge in [0.15, 0.2) is 0 Å². The van der Waals surface area contributed by atoms with E-state index < -0.39 is 115 Å². The molecule has 2 aromatic rings. The van der Waals surface area contributed by atoms with Crippen molar-refractivity contribution in [3.8, 4) is 0 Å². The molecular formula is C43H53F2N7O10. The number of allylic oxidation sites excluding steroid dienone is 1. The van der Waals surface area contributed by atoms with Crippen molar-refractivity contribution < 1.29 is 56.6 Å². The molecule has 62 heavy (non-hydrogen) atoms. The Hall–Kier alpha value is -6.27. The minimum Gasteiger partial charge on any atom is -0.463 e. The summed E-state index contributed by atoms with van der Waals surface area (Å²) in [4.78, 5) is 118. The summed E-state index contributed by atoms with van der Waals surface area (Å²) in [5.41, 5.74) is 0.419. The van der Waals surface area contributed by atoms with Crippen LogP contribution in [0.3, 0.4) is 0 Å². The van der Waals surface area contributed by atoms with Crippen LogP contribution in [0.25, 0.3) is 0 Å². The summed E-state index contributed by atoms with van der Waals surface area (Å²) in [6, 6.07) is -0.519. The van der Waals surface area contributed by atoms with Gasteiger partial charge in [0.2, 0.25) is 35.4 Å². The fourth-order valence-corrected chi connectivity index (χ4v) is 7.62. The molecule has 0 bridgehead atoms. The highest BCUT2D eigenvalue weighted by molar-refractivity contribution is 5.98. The van der Waals surface area contributed by atoms with E-state index in [4.69, 9.17) is 9.47 Å². The summed E-state index contributed by atoms with van der Waals surface area (Å²) in [6.07, 6.45) is 7.00. The summed E-state index contributed by atoms with van der Waals surface area (Å²) in [5.74, 6) is -8.19. The maximum Gasteiger partial charge on any atom is 0.328 e. The van der Waals surface area contributed by atoms with Gasteiger partial charge < -0.3 is 40.1 Å². The lowest BCUT2D eigenvalue weighted by atomic mass is 10.0. The molecule has 0 spiro atoms. The summed E-state index contributed by atoms with van der Waals surface area (Å²) in [6.45, 7) is 2.18. The average Bonchev–Trinajstić information content (AvgIpc) is 3.94. The molecule has 19 heteroatoms. The van der Waals surface area contributed by atoms with Crippen LogP contribution >= 0.6 is 0 Å². The van der Waals surface area contributed by atoms with Gasteiger partial charge in [-0.2, -0.15) is 0 Å². The van der Waals surface area contributed by atoms with Crippen LogP contribution in [0.15, 0.2) is 54.7 Å². The molecule has 17 nitrogen and oxygen atoms in total. The minimum absolute atomic E-state index is 0.0168. The van der Waals surface area contributed by atoms with Crippen LogP contribution < -0.4 is 16.0 Å². The average molecular weight is 866 g/mol. The van der Waals surface area contributed by atoms with Crippen LogP contribution in [0.2, 0.25) is 0 Å². The molecule has 3 aliphatic heterocycles. The van der Waals surface area contributed by atoms with Crippen LogP contribution in [-0.4, -0.2) is 137 Å². The number of fused-ring (bicyclic) bond motifs is 2. The van der Waals surface area contributed by atoms with Gasteiger partial charge in [0.1, 0.15) is 61.1 Å². The zero-order valence-electron chi connectivity index (χ0n) is 35.0. The first kappa shape index (κ1) is 46.8. The predicted octanol–water partition coefficient (Wildman–Crippen LogP) is 1.27. The number of cyclic esters (lactones) is 1. The van der Waals surface area contributed by atoms with Crippen molar-refractivity contribution in [2.75, 3.05) is 33.4 Å². The molecule has 3 saturated heterocycles. The number of unbranched alkanes of at least 4 members (excludes halogenated alkanes) is 2. The van der Waals surface area contributed by atoms with E-state index in [0.29, 0.717) is 31.0 Å². The molecule has 1 aromatic carbocycles. The van der Waals surface area contributed by atoms with E-state index in [-0.39, 0.29) is 37.9 Å². The molecule has 334 valence electrons. The Morgan fingerprint density at radius 2 is 1.68 bits per heavy atom. The molecule has 3 N–H and O–H groups in total. The summed E-state index contributed by atoms with van der Waals surface area (Å²) >= 11 is 0. The monoisotopic (exact) mass is 865 g/mol. The Kier molecular flexibility index (Phi) is 16.6. The number of hydrogen-bond donors (Lipinski definition) is 3. The molecule has 0 radical (unpaired) electrons. The van der Waals surface area contributed by atoms with E-state index in [1.807, 2.05) is 6.92 Å². The molecule has 3 aliphatic rings. The molecular weight excluding hydrogens is 813 g/mol. The van der Waals surface area contributed by atoms with Gasteiger partial charge in [-0.15, -0.1) is 0 Å². The highest BCUT2D eigenvalue weighted by Gasteiger charge is 2.44. The van der Waals surface area contributed by atoms with Gasteiger partial charge in [0, 0.05) is 38.8 Å². The van der Waals surface area contributed by atoms with Gasteiger partial charge in [-0.1, -0.05) is 31.9 Å². The number of carbonyl (C=O) groups excluding carboxylic acids is 8. The quantitative estimate of drug-likeness (QED) is 0.148. The number of likely N-dealkylation sites (N-methyl/N-ethyl adjacent to an activating group) is 1. The fourth-order valence-electron chi connectivity index (χ4n) is 7.62. The minimum atomic E-state index is -1.65. The van der Waals surface area contributed by atoms with Crippen molar-refractivity contribution in [2.24, 2.45) is 0 Å². The number of hydrogen-bond acceptors (Lipinski definition) is 11. The van der Waals surface area contributed by atoms with Crippen LogP contribution in [-0.2, 0) is 60.7 Å². The third kappa shape index (κ3) is 12.4. The molecule has 1 aromatic heterocycles. The second kappa shape index (κ2) is 22.0. The number of esters is 2. The van der Waals surface area contributed by atoms with Gasteiger partial charge in [-0.05, 0) is 74.9 Å². The zero-order chi connectivity index (χ0) is 44.9. The van der Waals surface area contributed by atoms with Gasteiger partial charge in [-0.25, -0.2) is 13.6 Å². The molecule has 4 heterocycles. The Morgan fingerprint density at radius 1 is 0.984 bits per heavy atom. The first-order valence-corrected chi connectivity index (χ1v) is 20.8. The predicted molar refractivity (Wildman–Crippen MR) is 216 cm³/mol. The number of amides is 6. The Morgan fingerprint density at radius 3 is 2.35 bits per heavy atom. The maximum absolute atomic E-state index is 14.5. The number of rotatable bonds is 13. The number of nitrogens with one attached hydrogen (secondary N) is 3. The Labute approximate surface area is 357 Å². The first-order chi connectivity index (χ1) is 29.7. The van der Waals surface area contributed by atoms with E-state index >= 15 is 0 Å². The molecule has 0 saturated carbocycles. The third-order valence-electron chi connectivity index (χ3n) is 10.9. The van der Waals surface area contributed by atoms with Crippen LogP contribution in [0.1, 0.15) is 70.1 Å². The van der Waals surface area contributed by atoms with Crippen LogP contribution in [0.4, 0.5) is 8.78 Å². The SMILES string of the molecule is CCCCC=CC(=O)N[C@@H](Cc1cc(F)cc(F)c1)C(=O)N[C@H]1COC(=O)[C@@H]2CCCN2C(=O)[C@H](C)NC(=O)[C@H](COC(=O)Cc2ccccn2)N(C)C(=O)[C@@H]2CCCN2C1=O. The first-order valence-electron chi connectivity index (χ1n) is 20.8. The summed E-state index contributed by atoms with van der Waals surface area (Å²) in [7, 11) is 1.30. The van der Waals surface area contributed by atoms with Crippen molar-refractivity contribution in [1.82, 2.24) is 35.6 Å². The lowest BCUT2D eigenvalue weighted by Crippen LogP contribution is -2.61. The number of pyridine rings is 1. The maximum atomic E-state index is 14.5. The second-order valence-electron chi connectivity index (χ2n) is 15.5. The van der Waals surface area contributed by atoms with Crippen LogP contribution in [0, 0.1) is 11.6 Å². The van der Waals surface area contributed by atoms with E-state index in [1.54, 1.807) is 24.3 Å². The highest BCUT2D eigenvalue weighted by Crippen LogP contribution is 2.24. The number of nitrogens with zero attached hydrogens (tertiary/aromatic N) is 4.